The lowest BCUT2D eigenvalue weighted by Crippen LogP contribution is -1.95. The third-order valence-corrected chi connectivity index (χ3v) is 1.21. The molecule has 0 aliphatic rings. The monoisotopic (exact) mass is 170 g/mol. The molecule has 0 spiro atoms. The van der Waals surface area contributed by atoms with E-state index in [1.165, 1.54) is 6.07 Å². The molecule has 0 atom stereocenters. The minimum Gasteiger partial charge on any atom is -0.508 e. The Morgan fingerprint density at radius 3 is 2.25 bits per heavy atom. The fourth-order valence-corrected chi connectivity index (χ4v) is 0.701. The molecule has 3 N–H and O–H groups in total. The maximum atomic E-state index is 10.3. The van der Waals surface area contributed by atoms with Gasteiger partial charge in [-0.3, -0.25) is 0 Å². The van der Waals surface area contributed by atoms with Crippen molar-refractivity contribution in [3.05, 3.63) is 23.8 Å². The lowest BCUT2D eigenvalue weighted by atomic mass is 10.2. The van der Waals surface area contributed by atoms with E-state index in [0.29, 0.717) is 0 Å². The maximum absolute atomic E-state index is 10.3. The molecule has 0 amide bonds. The van der Waals surface area contributed by atoms with E-state index in [-0.39, 0.29) is 18.7 Å². The van der Waals surface area contributed by atoms with E-state index in [4.69, 9.17) is 15.3 Å². The molecule has 0 aromatic heterocycles. The minimum absolute atomic E-state index is 0. The molecule has 0 aliphatic carbocycles. The summed E-state index contributed by atoms with van der Waals surface area (Å²) in [5.74, 6) is -1.81. The van der Waals surface area contributed by atoms with Crippen LogP contribution in [0.3, 0.4) is 0 Å². The zero-order valence-electron chi connectivity index (χ0n) is 5.48. The van der Waals surface area contributed by atoms with Crippen molar-refractivity contribution in [2.75, 3.05) is 0 Å². The number of hydrogen-bond donors (Lipinski definition) is 3. The Hall–Kier alpha value is -1.71. The molecule has 66 valence electrons. The average molecular weight is 170 g/mol. The average Bonchev–Trinajstić information content (AvgIpc) is 1.85. The van der Waals surface area contributed by atoms with Crippen LogP contribution in [0.5, 0.6) is 11.5 Å². The van der Waals surface area contributed by atoms with Crippen molar-refractivity contribution in [2.24, 2.45) is 0 Å². The van der Waals surface area contributed by atoms with Crippen LogP contribution in [-0.2, 0) is 0 Å². The highest BCUT2D eigenvalue weighted by atomic mass is 16.4. The Labute approximate surface area is 69.7 Å². The highest BCUT2D eigenvalue weighted by Gasteiger charge is 2.08. The molecule has 1 aromatic carbocycles. The molecular formula is C8H10O4. The molecule has 12 heavy (non-hydrogen) atoms. The lowest BCUT2D eigenvalue weighted by molar-refractivity contribution is 0.0694. The molecule has 0 saturated carbocycles. The Morgan fingerprint density at radius 1 is 1.25 bits per heavy atom. The van der Waals surface area contributed by atoms with Gasteiger partial charge in [-0.2, -0.15) is 0 Å². The molecule has 0 saturated heterocycles. The first-order valence-electron chi connectivity index (χ1n) is 2.86. The summed E-state index contributed by atoms with van der Waals surface area (Å²) >= 11 is 0. The summed E-state index contributed by atoms with van der Waals surface area (Å²) in [6, 6.07) is 3.31. The van der Waals surface area contributed by atoms with Crippen LogP contribution in [0.1, 0.15) is 17.8 Å². The van der Waals surface area contributed by atoms with Gasteiger partial charge in [0.05, 0.1) is 0 Å². The summed E-state index contributed by atoms with van der Waals surface area (Å²) in [5.41, 5.74) is -0.220. The molecule has 0 aliphatic heterocycles. The second-order valence-corrected chi connectivity index (χ2v) is 2.01. The van der Waals surface area contributed by atoms with Crippen LogP contribution < -0.4 is 0 Å². The van der Waals surface area contributed by atoms with Crippen LogP contribution in [0, 0.1) is 0 Å². The number of carboxylic acids is 1. The first-order chi connectivity index (χ1) is 5.11. The molecule has 1 aromatic rings. The van der Waals surface area contributed by atoms with Gasteiger partial charge < -0.3 is 15.3 Å². The molecular weight excluding hydrogens is 160 g/mol. The molecule has 0 heterocycles. The van der Waals surface area contributed by atoms with Gasteiger partial charge in [-0.25, -0.2) is 4.79 Å². The molecule has 0 fully saturated rings. The van der Waals surface area contributed by atoms with E-state index in [1.807, 2.05) is 0 Å². The number of phenolic OH excluding ortho intramolecular Hbond substituents is 1. The van der Waals surface area contributed by atoms with Crippen LogP contribution in [0.25, 0.3) is 0 Å². The van der Waals surface area contributed by atoms with Crippen molar-refractivity contribution in [3.63, 3.8) is 0 Å². The predicted molar refractivity (Wildman–Crippen MR) is 43.5 cm³/mol. The molecule has 0 radical (unpaired) electrons. The summed E-state index contributed by atoms with van der Waals surface area (Å²) in [4.78, 5) is 10.3. The number of rotatable bonds is 1. The van der Waals surface area contributed by atoms with E-state index in [0.717, 1.165) is 12.1 Å². The Balaban J connectivity index is 0.00000121. The predicted octanol–water partition coefficient (Wildman–Crippen LogP) is 1.43. The molecule has 1 rings (SSSR count). The van der Waals surface area contributed by atoms with Gasteiger partial charge in [0.25, 0.3) is 0 Å². The van der Waals surface area contributed by atoms with E-state index in [1.54, 1.807) is 0 Å². The van der Waals surface area contributed by atoms with Crippen LogP contribution in [0.4, 0.5) is 0 Å². The van der Waals surface area contributed by atoms with Crippen molar-refractivity contribution in [1.82, 2.24) is 0 Å². The van der Waals surface area contributed by atoms with Crippen LogP contribution in [0.15, 0.2) is 18.2 Å². The quantitative estimate of drug-likeness (QED) is 0.595. The number of aromatic hydroxyl groups is 2. The fourth-order valence-electron chi connectivity index (χ4n) is 0.701. The molecule has 4 heteroatoms. The Bertz CT molecular complexity index is 293. The first kappa shape index (κ1) is 10.3. The van der Waals surface area contributed by atoms with Crippen LogP contribution in [0.2, 0.25) is 0 Å². The van der Waals surface area contributed by atoms with Gasteiger partial charge in [-0.15, -0.1) is 0 Å². The number of hydrogen-bond acceptors (Lipinski definition) is 3. The van der Waals surface area contributed by atoms with Gasteiger partial charge in [0.1, 0.15) is 17.1 Å². The van der Waals surface area contributed by atoms with Gasteiger partial charge >= 0.3 is 5.97 Å². The van der Waals surface area contributed by atoms with E-state index < -0.39 is 11.7 Å². The van der Waals surface area contributed by atoms with E-state index >= 15 is 0 Å². The number of carboxylic acid groups (broad SMARTS) is 1. The normalized spacial score (nSPS) is 8.67. The second kappa shape index (κ2) is 3.61. The summed E-state index contributed by atoms with van der Waals surface area (Å²) < 4.78 is 0. The number of carbonyl (C=O) groups is 1. The Morgan fingerprint density at radius 2 is 1.83 bits per heavy atom. The zero-order chi connectivity index (χ0) is 8.43. The highest BCUT2D eigenvalue weighted by Crippen LogP contribution is 2.21. The number of aromatic carboxylic acids is 1. The molecule has 4 nitrogen and oxygen atoms in total. The summed E-state index contributed by atoms with van der Waals surface area (Å²) in [6.45, 7) is 0. The maximum Gasteiger partial charge on any atom is 0.339 e. The van der Waals surface area contributed by atoms with E-state index in [9.17, 15) is 4.79 Å². The van der Waals surface area contributed by atoms with Crippen molar-refractivity contribution >= 4 is 5.97 Å². The van der Waals surface area contributed by atoms with Crippen LogP contribution >= 0.6 is 0 Å². The van der Waals surface area contributed by atoms with Crippen molar-refractivity contribution < 1.29 is 20.1 Å². The second-order valence-electron chi connectivity index (χ2n) is 2.01. The fraction of sp³-hybridized carbons (Fsp3) is 0.125. The molecule has 0 unspecified atom stereocenters. The third kappa shape index (κ3) is 1.88. The Kier molecular flexibility index (Phi) is 3.10. The minimum atomic E-state index is -1.22. The summed E-state index contributed by atoms with van der Waals surface area (Å²) in [7, 11) is 0. The van der Waals surface area contributed by atoms with Gasteiger partial charge in [-0.1, -0.05) is 7.43 Å². The largest absolute Gasteiger partial charge is 0.508 e. The van der Waals surface area contributed by atoms with Crippen molar-refractivity contribution in [2.45, 2.75) is 7.43 Å². The van der Waals surface area contributed by atoms with E-state index in [2.05, 4.69) is 0 Å². The highest BCUT2D eigenvalue weighted by molar-refractivity contribution is 5.90. The molecule has 0 bridgehead atoms. The van der Waals surface area contributed by atoms with Crippen molar-refractivity contribution in [3.8, 4) is 11.5 Å². The lowest BCUT2D eigenvalue weighted by Gasteiger charge is -1.97. The topological polar surface area (TPSA) is 77.8 Å². The zero-order valence-corrected chi connectivity index (χ0v) is 5.48. The number of phenols is 2. The van der Waals surface area contributed by atoms with Gasteiger partial charge in [0.15, 0.2) is 0 Å². The number of benzene rings is 1. The van der Waals surface area contributed by atoms with Crippen molar-refractivity contribution in [1.29, 1.82) is 0 Å². The third-order valence-electron chi connectivity index (χ3n) is 1.21. The van der Waals surface area contributed by atoms with Gasteiger partial charge in [-0.05, 0) is 12.1 Å². The standard InChI is InChI=1S/C7H6O4.CH4/c8-4-1-2-5(7(10)11)6(9)3-4;/h1-3,8-9H,(H,10,11);1H4. The van der Waals surface area contributed by atoms with Gasteiger partial charge in [0, 0.05) is 6.07 Å². The summed E-state index contributed by atoms with van der Waals surface area (Å²) in [6.07, 6.45) is 0. The SMILES string of the molecule is C.O=C(O)c1ccc(O)cc1O. The van der Waals surface area contributed by atoms with Crippen LogP contribution in [-0.4, -0.2) is 21.3 Å². The van der Waals surface area contributed by atoms with Gasteiger partial charge in [0.2, 0.25) is 0 Å². The smallest absolute Gasteiger partial charge is 0.339 e. The summed E-state index contributed by atoms with van der Waals surface area (Å²) in [5, 5.41) is 26.1. The first-order valence-corrected chi connectivity index (χ1v) is 2.86.